The Balaban J connectivity index is -0.000000245. The van der Waals surface area contributed by atoms with Crippen molar-refractivity contribution < 1.29 is 40.5 Å². The number of hydrogen-bond donors (Lipinski definition) is 1. The van der Waals surface area contributed by atoms with E-state index in [4.69, 9.17) is 0 Å². The SMILES string of the molecule is C=CC(=O)OCCS.[H-].[Na+]. The molecule has 0 rings (SSSR count). The Bertz CT molecular complexity index is 99.6. The van der Waals surface area contributed by atoms with Gasteiger partial charge in [0.15, 0.2) is 0 Å². The largest absolute Gasteiger partial charge is 1.00 e. The quantitative estimate of drug-likeness (QED) is 0.216. The van der Waals surface area contributed by atoms with Gasteiger partial charge >= 0.3 is 35.5 Å². The molecule has 0 aromatic carbocycles. The van der Waals surface area contributed by atoms with Crippen molar-refractivity contribution in [3.8, 4) is 0 Å². The standard InChI is InChI=1S/C5H8O2S.Na.H/c1-2-5(6)7-3-4-8;;/h2,8H,1,3-4H2;;/q;+1;-1. The second kappa shape index (κ2) is 8.56. The van der Waals surface area contributed by atoms with Crippen molar-refractivity contribution in [1.29, 1.82) is 0 Å². The zero-order valence-electron chi connectivity index (χ0n) is 6.46. The number of thiol groups is 1. The molecule has 4 heteroatoms. The fourth-order valence-electron chi connectivity index (χ4n) is 0.205. The first-order chi connectivity index (χ1) is 3.81. The predicted molar refractivity (Wildman–Crippen MR) is 36.1 cm³/mol. The second-order valence-electron chi connectivity index (χ2n) is 1.10. The van der Waals surface area contributed by atoms with Crippen LogP contribution in [0.2, 0.25) is 0 Å². The van der Waals surface area contributed by atoms with Crippen LogP contribution in [-0.4, -0.2) is 18.3 Å². The molecule has 0 aliphatic carbocycles. The number of carbonyl (C=O) groups is 1. The number of rotatable bonds is 3. The first-order valence-electron chi connectivity index (χ1n) is 2.21. The van der Waals surface area contributed by atoms with Gasteiger partial charge in [-0.2, -0.15) is 12.6 Å². The molecular formula is C5H9NaO2S. The molecule has 0 radical (unpaired) electrons. The third-order valence-electron chi connectivity index (χ3n) is 0.502. The molecule has 2 nitrogen and oxygen atoms in total. The summed E-state index contributed by atoms with van der Waals surface area (Å²) in [5.74, 6) is 0.165. The van der Waals surface area contributed by atoms with Crippen LogP contribution in [0.15, 0.2) is 12.7 Å². The molecule has 0 unspecified atom stereocenters. The van der Waals surface area contributed by atoms with Crippen LogP contribution in [0, 0.1) is 0 Å². The Hall–Kier alpha value is 0.560. The van der Waals surface area contributed by atoms with Crippen molar-refractivity contribution in [3.63, 3.8) is 0 Å². The molecular weight excluding hydrogens is 147 g/mol. The van der Waals surface area contributed by atoms with Gasteiger partial charge in [0, 0.05) is 11.8 Å². The van der Waals surface area contributed by atoms with E-state index in [1.54, 1.807) is 0 Å². The summed E-state index contributed by atoms with van der Waals surface area (Å²) in [5.41, 5.74) is 0. The minimum Gasteiger partial charge on any atom is -1.00 e. The van der Waals surface area contributed by atoms with E-state index >= 15 is 0 Å². The molecule has 0 aliphatic rings. The van der Waals surface area contributed by atoms with Gasteiger partial charge in [-0.05, 0) is 0 Å². The van der Waals surface area contributed by atoms with E-state index in [9.17, 15) is 4.79 Å². The molecule has 0 aromatic rings. The van der Waals surface area contributed by atoms with E-state index in [-0.39, 0.29) is 37.0 Å². The van der Waals surface area contributed by atoms with Crippen LogP contribution in [0.5, 0.6) is 0 Å². The van der Waals surface area contributed by atoms with E-state index in [1.807, 2.05) is 0 Å². The molecule has 0 aromatic heterocycles. The second-order valence-corrected chi connectivity index (χ2v) is 1.54. The average Bonchev–Trinajstić information content (AvgIpc) is 1.83. The van der Waals surface area contributed by atoms with Crippen molar-refractivity contribution in [1.82, 2.24) is 0 Å². The maximum atomic E-state index is 10.2. The summed E-state index contributed by atoms with van der Waals surface area (Å²) >= 11 is 3.82. The molecule has 0 bridgehead atoms. The topological polar surface area (TPSA) is 26.3 Å². The summed E-state index contributed by atoms with van der Waals surface area (Å²) in [6.07, 6.45) is 1.13. The summed E-state index contributed by atoms with van der Waals surface area (Å²) in [4.78, 5) is 10.2. The Morgan fingerprint density at radius 1 is 1.89 bits per heavy atom. The monoisotopic (exact) mass is 156 g/mol. The molecule has 0 heterocycles. The zero-order chi connectivity index (χ0) is 6.41. The van der Waals surface area contributed by atoms with Crippen LogP contribution < -0.4 is 29.6 Å². The molecule has 0 aliphatic heterocycles. The first-order valence-corrected chi connectivity index (χ1v) is 2.84. The normalized spacial score (nSPS) is 7.22. The third kappa shape index (κ3) is 8.56. The fraction of sp³-hybridized carbons (Fsp3) is 0.400. The van der Waals surface area contributed by atoms with Crippen LogP contribution in [0.4, 0.5) is 0 Å². The van der Waals surface area contributed by atoms with Gasteiger partial charge in [0.05, 0.1) is 0 Å². The van der Waals surface area contributed by atoms with Gasteiger partial charge in [-0.15, -0.1) is 0 Å². The predicted octanol–water partition coefficient (Wildman–Crippen LogP) is -2.24. The molecule has 0 fully saturated rings. The van der Waals surface area contributed by atoms with E-state index in [0.29, 0.717) is 12.4 Å². The van der Waals surface area contributed by atoms with Gasteiger partial charge in [-0.25, -0.2) is 4.79 Å². The van der Waals surface area contributed by atoms with E-state index in [2.05, 4.69) is 23.9 Å². The fourth-order valence-corrected chi connectivity index (χ4v) is 0.296. The molecule has 0 saturated carbocycles. The Kier molecular flexibility index (Phi) is 11.7. The number of ether oxygens (including phenoxy) is 1. The Morgan fingerprint density at radius 3 is 2.78 bits per heavy atom. The molecule has 0 saturated heterocycles. The van der Waals surface area contributed by atoms with Crippen LogP contribution in [0.25, 0.3) is 0 Å². The van der Waals surface area contributed by atoms with E-state index in [0.717, 1.165) is 6.08 Å². The van der Waals surface area contributed by atoms with Crippen molar-refractivity contribution in [2.75, 3.05) is 12.4 Å². The van der Waals surface area contributed by atoms with Gasteiger partial charge in [0.1, 0.15) is 6.61 Å². The molecule has 9 heavy (non-hydrogen) atoms. The van der Waals surface area contributed by atoms with Crippen LogP contribution in [0.1, 0.15) is 1.43 Å². The van der Waals surface area contributed by atoms with Gasteiger partial charge in [-0.3, -0.25) is 0 Å². The van der Waals surface area contributed by atoms with Gasteiger partial charge in [0.25, 0.3) is 0 Å². The molecule has 48 valence electrons. The molecule has 0 amide bonds. The van der Waals surface area contributed by atoms with Crippen molar-refractivity contribution in [3.05, 3.63) is 12.7 Å². The van der Waals surface area contributed by atoms with E-state index < -0.39 is 0 Å². The van der Waals surface area contributed by atoms with E-state index in [1.165, 1.54) is 0 Å². The Labute approximate surface area is 83.8 Å². The Morgan fingerprint density at radius 2 is 2.44 bits per heavy atom. The summed E-state index contributed by atoms with van der Waals surface area (Å²) in [6, 6.07) is 0. The third-order valence-corrected chi connectivity index (χ3v) is 0.685. The minimum absolute atomic E-state index is 0. The summed E-state index contributed by atoms with van der Waals surface area (Å²) in [7, 11) is 0. The van der Waals surface area contributed by atoms with Crippen molar-refractivity contribution >= 4 is 18.6 Å². The zero-order valence-corrected chi connectivity index (χ0v) is 8.36. The maximum absolute atomic E-state index is 10.2. The summed E-state index contributed by atoms with van der Waals surface area (Å²) in [6.45, 7) is 3.57. The maximum Gasteiger partial charge on any atom is 1.00 e. The van der Waals surface area contributed by atoms with Gasteiger partial charge < -0.3 is 6.16 Å². The first kappa shape index (κ1) is 12.3. The number of carbonyl (C=O) groups excluding carboxylic acids is 1. The molecule has 0 atom stereocenters. The minimum atomic E-state index is -0.390. The molecule has 0 spiro atoms. The van der Waals surface area contributed by atoms with Crippen molar-refractivity contribution in [2.24, 2.45) is 0 Å². The van der Waals surface area contributed by atoms with Crippen LogP contribution in [0.3, 0.4) is 0 Å². The number of hydrogen-bond acceptors (Lipinski definition) is 3. The number of esters is 1. The smallest absolute Gasteiger partial charge is 1.00 e. The summed E-state index contributed by atoms with van der Waals surface area (Å²) in [5, 5.41) is 0. The van der Waals surface area contributed by atoms with Gasteiger partial charge in [0.2, 0.25) is 0 Å². The van der Waals surface area contributed by atoms with Crippen molar-refractivity contribution in [2.45, 2.75) is 0 Å². The van der Waals surface area contributed by atoms with Crippen LogP contribution >= 0.6 is 12.6 Å². The summed E-state index contributed by atoms with van der Waals surface area (Å²) < 4.78 is 4.51. The molecule has 0 N–H and O–H groups in total. The van der Waals surface area contributed by atoms with Crippen LogP contribution in [-0.2, 0) is 9.53 Å². The van der Waals surface area contributed by atoms with Gasteiger partial charge in [-0.1, -0.05) is 6.58 Å². The average molecular weight is 156 g/mol.